The summed E-state index contributed by atoms with van der Waals surface area (Å²) in [6, 6.07) is 9.13. The quantitative estimate of drug-likeness (QED) is 0.562. The maximum atomic E-state index is 12.6. The minimum Gasteiger partial charge on any atom is -0.360 e. The molecule has 7 heteroatoms. The van der Waals surface area contributed by atoms with Gasteiger partial charge in [0.15, 0.2) is 5.78 Å². The fraction of sp³-hybridized carbons (Fsp3) is 0.118. The van der Waals surface area contributed by atoms with Crippen molar-refractivity contribution >= 4 is 38.2 Å². The van der Waals surface area contributed by atoms with E-state index in [1.54, 1.807) is 12.3 Å². The highest BCUT2D eigenvalue weighted by Crippen LogP contribution is 2.20. The van der Waals surface area contributed by atoms with Gasteiger partial charge < -0.3 is 4.98 Å². The predicted octanol–water partition coefficient (Wildman–Crippen LogP) is 2.42. The summed E-state index contributed by atoms with van der Waals surface area (Å²) < 4.78 is 0.957. The van der Waals surface area contributed by atoms with Gasteiger partial charge in [-0.3, -0.25) is 19.1 Å². The molecule has 4 aromatic rings. The Kier molecular flexibility index (Phi) is 3.24. The van der Waals surface area contributed by atoms with E-state index in [4.69, 9.17) is 0 Å². The number of nitrogens with one attached hydrogen (secondary N) is 2. The molecule has 6 nitrogen and oxygen atoms in total. The first-order chi connectivity index (χ1) is 11.5. The van der Waals surface area contributed by atoms with E-state index in [9.17, 15) is 14.4 Å². The summed E-state index contributed by atoms with van der Waals surface area (Å²) in [5, 5.41) is 1.21. The number of thiophene rings is 1. The normalized spacial score (nSPS) is 11.4. The minimum absolute atomic E-state index is 0.286. The Morgan fingerprint density at radius 1 is 1.21 bits per heavy atom. The molecule has 0 aliphatic rings. The molecule has 0 fully saturated rings. The van der Waals surface area contributed by atoms with E-state index in [-0.39, 0.29) is 12.3 Å². The zero-order valence-corrected chi connectivity index (χ0v) is 13.6. The highest BCUT2D eigenvalue weighted by Gasteiger charge is 2.16. The number of aryl methyl sites for hydroxylation is 1. The second-order valence-electron chi connectivity index (χ2n) is 5.59. The summed E-state index contributed by atoms with van der Waals surface area (Å²) in [5.74, 6) is -0.286. The van der Waals surface area contributed by atoms with Crippen LogP contribution in [0.3, 0.4) is 0 Å². The smallest absolute Gasteiger partial charge is 0.329 e. The number of Topliss-reactive ketones (excluding diaryl/α,β-unsaturated/α-hetero) is 1. The van der Waals surface area contributed by atoms with Crippen LogP contribution in [0.5, 0.6) is 0 Å². The number of H-pyrrole nitrogens is 2. The summed E-state index contributed by atoms with van der Waals surface area (Å²) in [6.07, 6.45) is 1.61. The fourth-order valence-electron chi connectivity index (χ4n) is 2.84. The van der Waals surface area contributed by atoms with Crippen molar-refractivity contribution in [2.45, 2.75) is 13.5 Å². The van der Waals surface area contributed by atoms with Crippen LogP contribution in [-0.2, 0) is 6.54 Å². The number of fused-ring (bicyclic) bond motifs is 2. The molecule has 0 aliphatic heterocycles. The predicted molar refractivity (Wildman–Crippen MR) is 94.1 cm³/mol. The van der Waals surface area contributed by atoms with Crippen molar-refractivity contribution in [3.05, 3.63) is 67.8 Å². The second kappa shape index (κ2) is 5.31. The summed E-state index contributed by atoms with van der Waals surface area (Å²) in [5.41, 5.74) is 0.304. The molecule has 0 saturated heterocycles. The summed E-state index contributed by atoms with van der Waals surface area (Å²) in [4.78, 5) is 44.5. The Morgan fingerprint density at radius 3 is 2.83 bits per heavy atom. The zero-order chi connectivity index (χ0) is 16.8. The monoisotopic (exact) mass is 339 g/mol. The molecule has 3 aromatic heterocycles. The van der Waals surface area contributed by atoms with Crippen LogP contribution < -0.4 is 11.2 Å². The van der Waals surface area contributed by atoms with E-state index in [1.165, 1.54) is 11.3 Å². The SMILES string of the molecule is Cc1cc2c(=O)n(CC(=O)c3c[nH]c4ccccc34)c(=O)[nH]c2s1. The number of hydrogen-bond donors (Lipinski definition) is 2. The summed E-state index contributed by atoms with van der Waals surface area (Å²) >= 11 is 1.35. The zero-order valence-electron chi connectivity index (χ0n) is 12.8. The van der Waals surface area contributed by atoms with Crippen LogP contribution in [0.4, 0.5) is 0 Å². The lowest BCUT2D eigenvalue weighted by molar-refractivity contribution is 0.0971. The lowest BCUT2D eigenvalue weighted by atomic mass is 10.1. The molecule has 0 atom stereocenters. The van der Waals surface area contributed by atoms with Crippen LogP contribution in [0.2, 0.25) is 0 Å². The number of aromatic nitrogens is 3. The Balaban J connectivity index is 1.80. The average Bonchev–Trinajstić information content (AvgIpc) is 3.14. The first-order valence-electron chi connectivity index (χ1n) is 7.37. The van der Waals surface area contributed by atoms with E-state index >= 15 is 0 Å². The Hall–Kier alpha value is -2.93. The molecule has 24 heavy (non-hydrogen) atoms. The Bertz CT molecular complexity index is 1210. The maximum Gasteiger partial charge on any atom is 0.329 e. The van der Waals surface area contributed by atoms with Crippen LogP contribution in [0, 0.1) is 6.92 Å². The first kappa shape index (κ1) is 14.6. The molecule has 0 aliphatic carbocycles. The third-order valence-electron chi connectivity index (χ3n) is 3.99. The van der Waals surface area contributed by atoms with E-state index < -0.39 is 11.2 Å². The number of benzene rings is 1. The molecule has 2 N–H and O–H groups in total. The van der Waals surface area contributed by atoms with Crippen molar-refractivity contribution < 1.29 is 4.79 Å². The van der Waals surface area contributed by atoms with Gasteiger partial charge in [0.1, 0.15) is 4.83 Å². The number of para-hydroxylation sites is 1. The standard InChI is InChI=1S/C17H13N3O3S/c1-9-6-11-15(24-9)19-17(23)20(16(11)22)8-14(21)12-7-18-13-5-3-2-4-10(12)13/h2-7,18H,8H2,1H3,(H,19,23). The average molecular weight is 339 g/mol. The molecule has 120 valence electrons. The third kappa shape index (κ3) is 2.21. The van der Waals surface area contributed by atoms with Gasteiger partial charge in [-0.2, -0.15) is 0 Å². The van der Waals surface area contributed by atoms with E-state index in [2.05, 4.69) is 9.97 Å². The van der Waals surface area contributed by atoms with Crippen LogP contribution in [0.1, 0.15) is 15.2 Å². The third-order valence-corrected chi connectivity index (χ3v) is 4.95. The number of rotatable bonds is 3. The largest absolute Gasteiger partial charge is 0.360 e. The first-order valence-corrected chi connectivity index (χ1v) is 8.19. The van der Waals surface area contributed by atoms with Crippen molar-refractivity contribution in [3.8, 4) is 0 Å². The molecule has 0 amide bonds. The van der Waals surface area contributed by atoms with Gasteiger partial charge in [0.25, 0.3) is 5.56 Å². The molecule has 0 bridgehead atoms. The van der Waals surface area contributed by atoms with E-state index in [0.29, 0.717) is 15.8 Å². The topological polar surface area (TPSA) is 87.7 Å². The van der Waals surface area contributed by atoms with Gasteiger partial charge in [0.05, 0.1) is 11.9 Å². The van der Waals surface area contributed by atoms with Crippen molar-refractivity contribution in [1.29, 1.82) is 0 Å². The molecule has 0 radical (unpaired) electrons. The molecule has 3 heterocycles. The number of hydrogen-bond acceptors (Lipinski definition) is 4. The number of ketones is 1. The lowest BCUT2D eigenvalue weighted by Gasteiger charge is -2.03. The Morgan fingerprint density at radius 2 is 2.00 bits per heavy atom. The van der Waals surface area contributed by atoms with Gasteiger partial charge in [-0.1, -0.05) is 18.2 Å². The number of carbonyl (C=O) groups excluding carboxylic acids is 1. The van der Waals surface area contributed by atoms with Crippen molar-refractivity contribution in [3.63, 3.8) is 0 Å². The lowest BCUT2D eigenvalue weighted by Crippen LogP contribution is -2.36. The van der Waals surface area contributed by atoms with Crippen molar-refractivity contribution in [2.24, 2.45) is 0 Å². The number of nitrogens with zero attached hydrogens (tertiary/aromatic N) is 1. The molecular formula is C17H13N3O3S. The van der Waals surface area contributed by atoms with Gasteiger partial charge in [-0.15, -0.1) is 11.3 Å². The van der Waals surface area contributed by atoms with E-state index in [0.717, 1.165) is 20.3 Å². The molecular weight excluding hydrogens is 326 g/mol. The Labute approximate surface area is 139 Å². The highest BCUT2D eigenvalue weighted by molar-refractivity contribution is 7.18. The highest BCUT2D eigenvalue weighted by atomic mass is 32.1. The van der Waals surface area contributed by atoms with Crippen LogP contribution >= 0.6 is 11.3 Å². The second-order valence-corrected chi connectivity index (χ2v) is 6.85. The molecule has 1 aromatic carbocycles. The molecule has 0 saturated carbocycles. The number of aromatic amines is 2. The molecule has 0 unspecified atom stereocenters. The van der Waals surface area contributed by atoms with Crippen LogP contribution in [0.15, 0.2) is 46.1 Å². The fourth-order valence-corrected chi connectivity index (χ4v) is 3.74. The number of carbonyl (C=O) groups is 1. The molecule has 0 spiro atoms. The van der Waals surface area contributed by atoms with Crippen LogP contribution in [-0.4, -0.2) is 20.3 Å². The van der Waals surface area contributed by atoms with E-state index in [1.807, 2.05) is 31.2 Å². The van der Waals surface area contributed by atoms with Gasteiger partial charge in [0.2, 0.25) is 0 Å². The van der Waals surface area contributed by atoms with Gasteiger partial charge in [0, 0.05) is 27.5 Å². The van der Waals surface area contributed by atoms with Gasteiger partial charge in [-0.05, 0) is 19.1 Å². The minimum atomic E-state index is -0.567. The van der Waals surface area contributed by atoms with Gasteiger partial charge >= 0.3 is 5.69 Å². The summed E-state index contributed by atoms with van der Waals surface area (Å²) in [6.45, 7) is 1.57. The van der Waals surface area contributed by atoms with Crippen LogP contribution in [0.25, 0.3) is 21.1 Å². The van der Waals surface area contributed by atoms with Gasteiger partial charge in [-0.25, -0.2) is 4.79 Å². The summed E-state index contributed by atoms with van der Waals surface area (Å²) in [7, 11) is 0. The van der Waals surface area contributed by atoms with Crippen molar-refractivity contribution in [1.82, 2.24) is 14.5 Å². The maximum absolute atomic E-state index is 12.6. The van der Waals surface area contributed by atoms with Crippen molar-refractivity contribution in [2.75, 3.05) is 0 Å². The molecule has 4 rings (SSSR count).